The molecular weight excluding hydrogens is 260 g/mol. The normalized spacial score (nSPS) is 9.65. The lowest BCUT2D eigenvalue weighted by Crippen LogP contribution is -2.10. The van der Waals surface area contributed by atoms with Gasteiger partial charge in [-0.25, -0.2) is 0 Å². The first-order chi connectivity index (χ1) is 8.20. The summed E-state index contributed by atoms with van der Waals surface area (Å²) in [5, 5.41) is 15.2. The summed E-state index contributed by atoms with van der Waals surface area (Å²) in [6.07, 6.45) is 1.37. The standard InChI is InChI=1S/C10H5ClN4OS/c11-7-3-6(4-12)1-2-8(7)14-10(16)9-5-13-15-17-9/h1-3,5H,(H,14,16). The zero-order valence-electron chi connectivity index (χ0n) is 8.35. The fraction of sp³-hybridized carbons (Fsp3) is 0. The first-order valence-electron chi connectivity index (χ1n) is 4.49. The maximum Gasteiger partial charge on any atom is 0.269 e. The van der Waals surface area contributed by atoms with E-state index in [0.717, 1.165) is 11.5 Å². The minimum Gasteiger partial charge on any atom is -0.320 e. The largest absolute Gasteiger partial charge is 0.320 e. The molecule has 0 unspecified atom stereocenters. The SMILES string of the molecule is N#Cc1ccc(NC(=O)c2cnns2)c(Cl)c1. The molecule has 0 bridgehead atoms. The van der Waals surface area contributed by atoms with Crippen molar-refractivity contribution < 1.29 is 4.79 Å². The van der Waals surface area contributed by atoms with Gasteiger partial charge in [0.25, 0.3) is 5.91 Å². The Kier molecular flexibility index (Phi) is 3.32. The van der Waals surface area contributed by atoms with E-state index in [0.29, 0.717) is 21.2 Å². The highest BCUT2D eigenvalue weighted by molar-refractivity contribution is 7.07. The molecule has 0 fully saturated rings. The molecule has 0 atom stereocenters. The van der Waals surface area contributed by atoms with Crippen molar-refractivity contribution in [3.63, 3.8) is 0 Å². The first kappa shape index (κ1) is 11.5. The van der Waals surface area contributed by atoms with Gasteiger partial charge in [0, 0.05) is 0 Å². The molecule has 2 aromatic rings. The van der Waals surface area contributed by atoms with Gasteiger partial charge in [0.05, 0.1) is 28.5 Å². The van der Waals surface area contributed by atoms with Crippen molar-refractivity contribution in [2.75, 3.05) is 5.32 Å². The van der Waals surface area contributed by atoms with Gasteiger partial charge in [-0.05, 0) is 29.7 Å². The van der Waals surface area contributed by atoms with Crippen molar-refractivity contribution in [1.82, 2.24) is 9.59 Å². The van der Waals surface area contributed by atoms with Gasteiger partial charge in [-0.15, -0.1) is 5.10 Å². The van der Waals surface area contributed by atoms with Crippen LogP contribution in [0, 0.1) is 11.3 Å². The third kappa shape index (κ3) is 2.58. The van der Waals surface area contributed by atoms with Crippen LogP contribution in [0.5, 0.6) is 0 Å². The highest BCUT2D eigenvalue weighted by atomic mass is 35.5. The smallest absolute Gasteiger partial charge is 0.269 e. The monoisotopic (exact) mass is 264 g/mol. The number of nitriles is 1. The van der Waals surface area contributed by atoms with Gasteiger partial charge in [-0.2, -0.15) is 5.26 Å². The van der Waals surface area contributed by atoms with Crippen molar-refractivity contribution >= 4 is 34.7 Å². The van der Waals surface area contributed by atoms with Crippen LogP contribution in [-0.4, -0.2) is 15.5 Å². The third-order valence-electron chi connectivity index (χ3n) is 1.93. The number of carbonyl (C=O) groups is 1. The zero-order valence-corrected chi connectivity index (χ0v) is 9.92. The summed E-state index contributed by atoms with van der Waals surface area (Å²) in [5.74, 6) is -0.327. The number of nitrogens with zero attached hydrogens (tertiary/aromatic N) is 3. The van der Waals surface area contributed by atoms with E-state index in [2.05, 4.69) is 14.9 Å². The van der Waals surface area contributed by atoms with E-state index in [4.69, 9.17) is 16.9 Å². The van der Waals surface area contributed by atoms with E-state index in [9.17, 15) is 4.79 Å². The number of nitrogens with one attached hydrogen (secondary N) is 1. The summed E-state index contributed by atoms with van der Waals surface area (Å²) in [4.78, 5) is 12.1. The first-order valence-corrected chi connectivity index (χ1v) is 5.64. The Balaban J connectivity index is 2.20. The lowest BCUT2D eigenvalue weighted by Gasteiger charge is -2.05. The van der Waals surface area contributed by atoms with Crippen molar-refractivity contribution in [3.8, 4) is 6.07 Å². The number of benzene rings is 1. The molecule has 0 saturated carbocycles. The van der Waals surface area contributed by atoms with E-state index in [1.54, 1.807) is 12.1 Å². The highest BCUT2D eigenvalue weighted by Crippen LogP contribution is 2.23. The van der Waals surface area contributed by atoms with Crippen molar-refractivity contribution in [1.29, 1.82) is 5.26 Å². The maximum absolute atomic E-state index is 11.7. The predicted octanol–water partition coefficient (Wildman–Crippen LogP) is 2.32. The molecule has 1 amide bonds. The van der Waals surface area contributed by atoms with E-state index < -0.39 is 0 Å². The Bertz CT molecular complexity index is 591. The molecule has 0 saturated heterocycles. The molecule has 1 aromatic carbocycles. The summed E-state index contributed by atoms with van der Waals surface area (Å²) >= 11 is 6.92. The molecule has 1 aromatic heterocycles. The number of rotatable bonds is 2. The Morgan fingerprint density at radius 3 is 2.94 bits per heavy atom. The molecule has 0 radical (unpaired) electrons. The molecule has 7 heteroatoms. The predicted molar refractivity (Wildman–Crippen MR) is 64.0 cm³/mol. The van der Waals surface area contributed by atoms with Crippen LogP contribution in [0.15, 0.2) is 24.4 Å². The minimum atomic E-state index is -0.327. The van der Waals surface area contributed by atoms with Crippen LogP contribution in [-0.2, 0) is 0 Å². The van der Waals surface area contributed by atoms with Crippen molar-refractivity contribution in [2.45, 2.75) is 0 Å². The van der Waals surface area contributed by atoms with E-state index in [1.165, 1.54) is 12.3 Å². The molecule has 0 aliphatic rings. The van der Waals surface area contributed by atoms with Crippen LogP contribution in [0.25, 0.3) is 0 Å². The van der Waals surface area contributed by atoms with Gasteiger partial charge in [0.15, 0.2) is 0 Å². The topological polar surface area (TPSA) is 78.7 Å². The second kappa shape index (κ2) is 4.91. The number of amides is 1. The van der Waals surface area contributed by atoms with Gasteiger partial charge in [-0.1, -0.05) is 16.1 Å². The molecule has 2 rings (SSSR count). The molecule has 1 heterocycles. The molecule has 84 valence electrons. The van der Waals surface area contributed by atoms with E-state index in [1.807, 2.05) is 6.07 Å². The second-order valence-corrected chi connectivity index (χ2v) is 4.24. The number of anilines is 1. The number of hydrogen-bond donors (Lipinski definition) is 1. The molecule has 5 nitrogen and oxygen atoms in total. The number of hydrogen-bond acceptors (Lipinski definition) is 5. The molecule has 0 spiro atoms. The van der Waals surface area contributed by atoms with Gasteiger partial charge in [0.2, 0.25) is 0 Å². The molecule has 0 aliphatic carbocycles. The quantitative estimate of drug-likeness (QED) is 0.903. The summed E-state index contributed by atoms with van der Waals surface area (Å²) in [6.45, 7) is 0. The average Bonchev–Trinajstić information content (AvgIpc) is 2.85. The van der Waals surface area contributed by atoms with Crippen molar-refractivity contribution in [3.05, 3.63) is 39.9 Å². The van der Waals surface area contributed by atoms with Crippen molar-refractivity contribution in [2.24, 2.45) is 0 Å². The van der Waals surface area contributed by atoms with Crippen LogP contribution in [0.4, 0.5) is 5.69 Å². The molecule has 1 N–H and O–H groups in total. The summed E-state index contributed by atoms with van der Waals surface area (Å²) in [7, 11) is 0. The maximum atomic E-state index is 11.7. The average molecular weight is 265 g/mol. The second-order valence-electron chi connectivity index (χ2n) is 3.04. The Morgan fingerprint density at radius 1 is 1.53 bits per heavy atom. The minimum absolute atomic E-state index is 0.315. The van der Waals surface area contributed by atoms with Crippen LogP contribution < -0.4 is 5.32 Å². The van der Waals surface area contributed by atoms with Crippen LogP contribution in [0.3, 0.4) is 0 Å². The van der Waals surface area contributed by atoms with Crippen LogP contribution in [0.2, 0.25) is 5.02 Å². The summed E-state index contributed by atoms with van der Waals surface area (Å²) in [5.41, 5.74) is 0.886. The summed E-state index contributed by atoms with van der Waals surface area (Å²) in [6, 6.07) is 6.60. The Labute approximate surface area is 106 Å². The fourth-order valence-electron chi connectivity index (χ4n) is 1.14. The van der Waals surface area contributed by atoms with Gasteiger partial charge in [-0.3, -0.25) is 4.79 Å². The summed E-state index contributed by atoms with van der Waals surface area (Å²) < 4.78 is 3.59. The third-order valence-corrected chi connectivity index (χ3v) is 2.91. The molecular formula is C10H5ClN4OS. The highest BCUT2D eigenvalue weighted by Gasteiger charge is 2.10. The zero-order chi connectivity index (χ0) is 12.3. The van der Waals surface area contributed by atoms with Gasteiger partial charge >= 0.3 is 0 Å². The van der Waals surface area contributed by atoms with Gasteiger partial charge < -0.3 is 5.32 Å². The lowest BCUT2D eigenvalue weighted by molar-refractivity contribution is 0.103. The molecule has 0 aliphatic heterocycles. The number of halogens is 1. The fourth-order valence-corrected chi connectivity index (χ4v) is 1.78. The van der Waals surface area contributed by atoms with Crippen LogP contribution >= 0.6 is 23.1 Å². The van der Waals surface area contributed by atoms with Crippen LogP contribution in [0.1, 0.15) is 15.2 Å². The lowest BCUT2D eigenvalue weighted by atomic mass is 10.2. The Morgan fingerprint density at radius 2 is 2.35 bits per heavy atom. The van der Waals surface area contributed by atoms with Gasteiger partial charge in [0.1, 0.15) is 4.88 Å². The number of carbonyl (C=O) groups excluding carboxylic acids is 1. The Hall–Kier alpha value is -1.97. The van der Waals surface area contributed by atoms with E-state index >= 15 is 0 Å². The molecule has 17 heavy (non-hydrogen) atoms. The van der Waals surface area contributed by atoms with E-state index in [-0.39, 0.29) is 5.91 Å². The number of aromatic nitrogens is 2.